The van der Waals surface area contributed by atoms with Gasteiger partial charge in [0.2, 0.25) is 11.8 Å². The van der Waals surface area contributed by atoms with Gasteiger partial charge in [0.05, 0.1) is 5.69 Å². The summed E-state index contributed by atoms with van der Waals surface area (Å²) in [5, 5.41) is 4.12. The number of rotatable bonds is 5. The van der Waals surface area contributed by atoms with Gasteiger partial charge in [-0.3, -0.25) is 19.4 Å². The van der Waals surface area contributed by atoms with E-state index in [1.165, 1.54) is 0 Å². The van der Waals surface area contributed by atoms with Gasteiger partial charge in [-0.05, 0) is 38.0 Å². The summed E-state index contributed by atoms with van der Waals surface area (Å²) in [5.74, 6) is 1.27. The molecule has 4 heterocycles. The van der Waals surface area contributed by atoms with E-state index in [1.807, 2.05) is 30.0 Å². The molecule has 144 valence electrons. The number of aromatic nitrogens is 5. The van der Waals surface area contributed by atoms with Crippen molar-refractivity contribution in [3.63, 3.8) is 0 Å². The number of piperidine rings is 1. The van der Waals surface area contributed by atoms with E-state index in [4.69, 9.17) is 4.74 Å². The van der Waals surface area contributed by atoms with E-state index in [0.29, 0.717) is 18.2 Å². The Hall–Kier alpha value is -3.29. The van der Waals surface area contributed by atoms with Gasteiger partial charge in [-0.2, -0.15) is 5.10 Å². The maximum atomic E-state index is 12.7. The largest absolute Gasteiger partial charge is 0.435 e. The van der Waals surface area contributed by atoms with Crippen LogP contribution in [0.15, 0.2) is 49.2 Å². The first-order valence-electron chi connectivity index (χ1n) is 9.36. The molecular formula is C20H22N6O2. The third-order valence-electron chi connectivity index (χ3n) is 4.87. The highest BCUT2D eigenvalue weighted by molar-refractivity contribution is 5.76. The van der Waals surface area contributed by atoms with Crippen molar-refractivity contribution >= 4 is 5.91 Å². The van der Waals surface area contributed by atoms with Crippen molar-refractivity contribution in [1.82, 2.24) is 29.6 Å². The van der Waals surface area contributed by atoms with Crippen molar-refractivity contribution in [3.05, 3.63) is 60.6 Å². The molecule has 1 atom stereocenters. The molecule has 1 aliphatic heterocycles. The number of carbonyl (C=O) groups excluding carboxylic acids is 1. The van der Waals surface area contributed by atoms with Crippen LogP contribution in [-0.4, -0.2) is 48.6 Å². The van der Waals surface area contributed by atoms with E-state index < -0.39 is 0 Å². The minimum absolute atomic E-state index is 0.0582. The van der Waals surface area contributed by atoms with E-state index >= 15 is 0 Å². The van der Waals surface area contributed by atoms with Crippen molar-refractivity contribution < 1.29 is 9.53 Å². The first-order valence-corrected chi connectivity index (χ1v) is 9.36. The van der Waals surface area contributed by atoms with Crippen molar-refractivity contribution in [1.29, 1.82) is 0 Å². The fraction of sp³-hybridized carbons (Fsp3) is 0.350. The molecule has 0 aliphatic carbocycles. The Balaban J connectivity index is 1.51. The molecule has 0 radical (unpaired) electrons. The summed E-state index contributed by atoms with van der Waals surface area (Å²) >= 11 is 0. The molecule has 0 bridgehead atoms. The molecule has 0 aromatic carbocycles. The average Bonchev–Trinajstić information content (AvgIpc) is 3.23. The van der Waals surface area contributed by atoms with Crippen molar-refractivity contribution in [2.24, 2.45) is 0 Å². The Morgan fingerprint density at radius 1 is 1.18 bits per heavy atom. The number of ether oxygens (including phenoxy) is 1. The molecule has 0 spiro atoms. The summed E-state index contributed by atoms with van der Waals surface area (Å²) in [6.45, 7) is 3.48. The lowest BCUT2D eigenvalue weighted by Gasteiger charge is -2.32. The monoisotopic (exact) mass is 378 g/mol. The highest BCUT2D eigenvalue weighted by Crippen LogP contribution is 2.33. The number of pyridine rings is 1. The molecule has 0 saturated carbocycles. The third kappa shape index (κ3) is 4.00. The number of hydrogen-bond acceptors (Lipinski definition) is 6. The molecule has 0 unspecified atom stereocenters. The van der Waals surface area contributed by atoms with Gasteiger partial charge in [-0.1, -0.05) is 0 Å². The second-order valence-electron chi connectivity index (χ2n) is 6.82. The van der Waals surface area contributed by atoms with Gasteiger partial charge in [0.15, 0.2) is 5.75 Å². The standard InChI is InChI=1S/C20H22N6O2/c1-15-17(6-2-7-21-15)28-20-19(22-9-10-23-20)16-5-3-11-25(13-16)18(27)14-26-12-4-8-24-26/h2,4,6-10,12,16H,3,5,11,13-14H2,1H3/t16-/m0/s1. The molecule has 8 heteroatoms. The predicted molar refractivity (Wildman–Crippen MR) is 102 cm³/mol. The molecule has 28 heavy (non-hydrogen) atoms. The number of hydrogen-bond donors (Lipinski definition) is 0. The van der Waals surface area contributed by atoms with Crippen LogP contribution in [0.2, 0.25) is 0 Å². The Bertz CT molecular complexity index is 943. The van der Waals surface area contributed by atoms with Gasteiger partial charge in [-0.15, -0.1) is 0 Å². The number of nitrogens with zero attached hydrogens (tertiary/aromatic N) is 6. The molecular weight excluding hydrogens is 356 g/mol. The Morgan fingerprint density at radius 3 is 2.89 bits per heavy atom. The van der Waals surface area contributed by atoms with Crippen molar-refractivity contribution in [2.45, 2.75) is 32.2 Å². The zero-order valence-corrected chi connectivity index (χ0v) is 15.7. The summed E-state index contributed by atoms with van der Waals surface area (Å²) in [4.78, 5) is 27.7. The Labute approximate surface area is 163 Å². The summed E-state index contributed by atoms with van der Waals surface area (Å²) in [7, 11) is 0. The zero-order chi connectivity index (χ0) is 19.3. The molecule has 1 saturated heterocycles. The van der Waals surface area contributed by atoms with E-state index in [0.717, 1.165) is 30.8 Å². The second-order valence-corrected chi connectivity index (χ2v) is 6.82. The Kier molecular flexibility index (Phi) is 5.27. The molecule has 3 aromatic heterocycles. The maximum Gasteiger partial charge on any atom is 0.244 e. The first-order chi connectivity index (χ1) is 13.7. The van der Waals surface area contributed by atoms with Crippen LogP contribution in [0.25, 0.3) is 0 Å². The molecule has 1 amide bonds. The molecule has 4 rings (SSSR count). The lowest BCUT2D eigenvalue weighted by Crippen LogP contribution is -2.41. The van der Waals surface area contributed by atoms with E-state index in [1.54, 1.807) is 35.7 Å². The van der Waals surface area contributed by atoms with Gasteiger partial charge < -0.3 is 9.64 Å². The third-order valence-corrected chi connectivity index (χ3v) is 4.87. The molecule has 3 aromatic rings. The van der Waals surface area contributed by atoms with Crippen molar-refractivity contribution in [3.8, 4) is 11.6 Å². The molecule has 1 fully saturated rings. The SMILES string of the molecule is Cc1ncccc1Oc1nccnc1[C@H]1CCCN(C(=O)Cn2cccn2)C1. The number of likely N-dealkylation sites (tertiary alicyclic amines) is 1. The second kappa shape index (κ2) is 8.16. The average molecular weight is 378 g/mol. The fourth-order valence-corrected chi connectivity index (χ4v) is 3.44. The molecule has 0 N–H and O–H groups in total. The van der Waals surface area contributed by atoms with Crippen LogP contribution in [0.5, 0.6) is 11.6 Å². The number of amides is 1. The summed E-state index contributed by atoms with van der Waals surface area (Å²) in [6.07, 6.45) is 10.3. The first kappa shape index (κ1) is 18.1. The van der Waals surface area contributed by atoms with Crippen LogP contribution in [-0.2, 0) is 11.3 Å². The van der Waals surface area contributed by atoms with Crippen LogP contribution in [0.3, 0.4) is 0 Å². The smallest absolute Gasteiger partial charge is 0.244 e. The number of aryl methyl sites for hydroxylation is 1. The van der Waals surface area contributed by atoms with Gasteiger partial charge >= 0.3 is 0 Å². The van der Waals surface area contributed by atoms with Crippen molar-refractivity contribution in [2.75, 3.05) is 13.1 Å². The van der Waals surface area contributed by atoms with E-state index in [9.17, 15) is 4.79 Å². The topological polar surface area (TPSA) is 86.0 Å². The van der Waals surface area contributed by atoms with Crippen LogP contribution in [0, 0.1) is 6.92 Å². The van der Waals surface area contributed by atoms with Gasteiger partial charge in [0, 0.05) is 50.0 Å². The summed E-state index contributed by atoms with van der Waals surface area (Å²) in [5.41, 5.74) is 1.57. The van der Waals surface area contributed by atoms with Gasteiger partial charge in [-0.25, -0.2) is 4.98 Å². The fourth-order valence-electron chi connectivity index (χ4n) is 3.44. The minimum atomic E-state index is 0.0582. The molecule has 8 nitrogen and oxygen atoms in total. The minimum Gasteiger partial charge on any atom is -0.435 e. The molecule has 1 aliphatic rings. The summed E-state index contributed by atoms with van der Waals surface area (Å²) in [6, 6.07) is 5.51. The zero-order valence-electron chi connectivity index (χ0n) is 15.7. The van der Waals surface area contributed by atoms with Crippen LogP contribution in [0.1, 0.15) is 30.1 Å². The lowest BCUT2D eigenvalue weighted by atomic mass is 9.94. The number of carbonyl (C=O) groups is 1. The van der Waals surface area contributed by atoms with Crippen LogP contribution >= 0.6 is 0 Å². The maximum absolute atomic E-state index is 12.7. The normalized spacial score (nSPS) is 16.8. The quantitative estimate of drug-likeness (QED) is 0.678. The highest BCUT2D eigenvalue weighted by Gasteiger charge is 2.28. The Morgan fingerprint density at radius 2 is 2.07 bits per heavy atom. The van der Waals surface area contributed by atoms with Crippen LogP contribution in [0.4, 0.5) is 0 Å². The van der Waals surface area contributed by atoms with E-state index in [-0.39, 0.29) is 18.4 Å². The highest BCUT2D eigenvalue weighted by atomic mass is 16.5. The lowest BCUT2D eigenvalue weighted by molar-refractivity contribution is -0.133. The predicted octanol–water partition coefficient (Wildman–Crippen LogP) is 2.58. The summed E-state index contributed by atoms with van der Waals surface area (Å²) < 4.78 is 7.67. The van der Waals surface area contributed by atoms with Crippen LogP contribution < -0.4 is 4.74 Å². The van der Waals surface area contributed by atoms with Gasteiger partial charge in [0.1, 0.15) is 12.2 Å². The van der Waals surface area contributed by atoms with E-state index in [2.05, 4.69) is 20.1 Å². The van der Waals surface area contributed by atoms with Gasteiger partial charge in [0.25, 0.3) is 0 Å².